The van der Waals surface area contributed by atoms with Crippen molar-refractivity contribution in [1.29, 1.82) is 0 Å². The molecule has 4 aromatic carbocycles. The molecule has 0 aliphatic heterocycles. The lowest BCUT2D eigenvalue weighted by Gasteiger charge is -2.24. The SMILES string of the molecule is CCOc1ccc(CCN(CCC(=O)O)C(=O)c2ccccc2-c2ccccc2C(=O)NCc2ccccc2C)cc1. The maximum Gasteiger partial charge on any atom is 0.305 e. The van der Waals surface area contributed by atoms with Crippen LogP contribution in [0.1, 0.15) is 50.8 Å². The van der Waals surface area contributed by atoms with E-state index in [1.54, 1.807) is 29.2 Å². The number of nitrogens with one attached hydrogen (secondary N) is 1. The van der Waals surface area contributed by atoms with Crippen LogP contribution < -0.4 is 10.1 Å². The maximum absolute atomic E-state index is 14.0. The van der Waals surface area contributed by atoms with Crippen molar-refractivity contribution in [2.75, 3.05) is 19.7 Å². The first-order valence-corrected chi connectivity index (χ1v) is 14.1. The zero-order chi connectivity index (χ0) is 29.9. The molecule has 0 saturated heterocycles. The van der Waals surface area contributed by atoms with Gasteiger partial charge in [0.15, 0.2) is 0 Å². The van der Waals surface area contributed by atoms with Crippen LogP contribution in [-0.4, -0.2) is 47.5 Å². The highest BCUT2D eigenvalue weighted by molar-refractivity contribution is 6.06. The molecule has 0 atom stereocenters. The van der Waals surface area contributed by atoms with Gasteiger partial charge in [-0.15, -0.1) is 0 Å². The summed E-state index contributed by atoms with van der Waals surface area (Å²) in [5.41, 5.74) is 5.25. The first-order chi connectivity index (χ1) is 20.4. The van der Waals surface area contributed by atoms with E-state index < -0.39 is 5.97 Å². The van der Waals surface area contributed by atoms with E-state index in [1.165, 1.54) is 0 Å². The van der Waals surface area contributed by atoms with Gasteiger partial charge in [-0.05, 0) is 72.4 Å². The van der Waals surface area contributed by atoms with Crippen LogP contribution >= 0.6 is 0 Å². The van der Waals surface area contributed by atoms with Crippen molar-refractivity contribution in [3.05, 3.63) is 125 Å². The highest BCUT2D eigenvalue weighted by Crippen LogP contribution is 2.29. The lowest BCUT2D eigenvalue weighted by molar-refractivity contribution is -0.137. The van der Waals surface area contributed by atoms with Gasteiger partial charge in [0.1, 0.15) is 5.75 Å². The highest BCUT2D eigenvalue weighted by Gasteiger charge is 2.22. The second-order valence-corrected chi connectivity index (χ2v) is 9.96. The molecule has 7 heteroatoms. The minimum absolute atomic E-state index is 0.0675. The lowest BCUT2D eigenvalue weighted by Crippen LogP contribution is -2.35. The molecule has 0 saturated carbocycles. The number of carbonyl (C=O) groups excluding carboxylic acids is 2. The van der Waals surface area contributed by atoms with Gasteiger partial charge < -0.3 is 20.1 Å². The summed E-state index contributed by atoms with van der Waals surface area (Å²) in [7, 11) is 0. The Kier molecular flexibility index (Phi) is 10.5. The number of hydrogen-bond acceptors (Lipinski definition) is 4. The van der Waals surface area contributed by atoms with Gasteiger partial charge in [-0.2, -0.15) is 0 Å². The number of amides is 2. The number of carboxylic acid groups (broad SMARTS) is 1. The predicted octanol–water partition coefficient (Wildman–Crippen LogP) is 6.15. The summed E-state index contributed by atoms with van der Waals surface area (Å²) in [6.07, 6.45) is 0.382. The molecule has 216 valence electrons. The Hall–Kier alpha value is -4.91. The number of aryl methyl sites for hydroxylation is 1. The minimum Gasteiger partial charge on any atom is -0.494 e. The molecule has 0 heterocycles. The molecule has 2 amide bonds. The molecule has 2 N–H and O–H groups in total. The number of hydrogen-bond donors (Lipinski definition) is 2. The summed E-state index contributed by atoms with van der Waals surface area (Å²) in [5, 5.41) is 12.4. The van der Waals surface area contributed by atoms with Crippen LogP contribution in [0.25, 0.3) is 11.1 Å². The van der Waals surface area contributed by atoms with E-state index in [4.69, 9.17) is 4.74 Å². The van der Waals surface area contributed by atoms with E-state index in [1.807, 2.05) is 86.6 Å². The monoisotopic (exact) mass is 564 g/mol. The Balaban J connectivity index is 1.58. The fourth-order valence-electron chi connectivity index (χ4n) is 4.80. The minimum atomic E-state index is -0.974. The Morgan fingerprint density at radius 2 is 1.40 bits per heavy atom. The number of aliphatic carboxylic acids is 1. The summed E-state index contributed by atoms with van der Waals surface area (Å²) in [4.78, 5) is 40.3. The Labute approximate surface area is 246 Å². The van der Waals surface area contributed by atoms with Crippen molar-refractivity contribution in [3.63, 3.8) is 0 Å². The van der Waals surface area contributed by atoms with Crippen molar-refractivity contribution in [2.24, 2.45) is 0 Å². The average Bonchev–Trinajstić information content (AvgIpc) is 3.01. The fourth-order valence-corrected chi connectivity index (χ4v) is 4.80. The topological polar surface area (TPSA) is 95.9 Å². The smallest absolute Gasteiger partial charge is 0.305 e. The Morgan fingerprint density at radius 3 is 2.07 bits per heavy atom. The quantitative estimate of drug-likeness (QED) is 0.203. The van der Waals surface area contributed by atoms with E-state index in [2.05, 4.69) is 5.32 Å². The van der Waals surface area contributed by atoms with E-state index >= 15 is 0 Å². The van der Waals surface area contributed by atoms with Gasteiger partial charge in [-0.25, -0.2) is 0 Å². The second-order valence-electron chi connectivity index (χ2n) is 9.96. The van der Waals surface area contributed by atoms with Gasteiger partial charge in [0.05, 0.1) is 13.0 Å². The standard InChI is InChI=1S/C35H36N2O5/c1-3-42-28-18-16-26(17-19-28)20-22-37(23-21-33(38)39)35(41)32-15-9-7-13-30(32)29-12-6-8-14-31(29)34(40)36-24-27-11-5-4-10-25(27)2/h4-19H,3,20-24H2,1-2H3,(H,36,40)(H,38,39). The van der Waals surface area contributed by atoms with Crippen molar-refractivity contribution in [3.8, 4) is 16.9 Å². The summed E-state index contributed by atoms with van der Waals surface area (Å²) in [6, 6.07) is 29.9. The third-order valence-electron chi connectivity index (χ3n) is 7.11. The van der Waals surface area contributed by atoms with Gasteiger partial charge >= 0.3 is 5.97 Å². The van der Waals surface area contributed by atoms with Crippen molar-refractivity contribution in [2.45, 2.75) is 33.2 Å². The third kappa shape index (κ3) is 7.85. The zero-order valence-corrected chi connectivity index (χ0v) is 24.0. The Bertz CT molecular complexity index is 1530. The number of ether oxygens (including phenoxy) is 1. The zero-order valence-electron chi connectivity index (χ0n) is 24.0. The lowest BCUT2D eigenvalue weighted by atomic mass is 9.94. The number of nitrogens with zero attached hydrogens (tertiary/aromatic N) is 1. The van der Waals surface area contributed by atoms with Gasteiger partial charge in [-0.1, -0.05) is 72.8 Å². The van der Waals surface area contributed by atoms with Crippen LogP contribution in [0.5, 0.6) is 5.75 Å². The van der Waals surface area contributed by atoms with E-state index in [0.717, 1.165) is 22.4 Å². The molecule has 42 heavy (non-hydrogen) atoms. The van der Waals surface area contributed by atoms with Crippen molar-refractivity contribution < 1.29 is 24.2 Å². The summed E-state index contributed by atoms with van der Waals surface area (Å²) < 4.78 is 5.51. The summed E-state index contributed by atoms with van der Waals surface area (Å²) >= 11 is 0. The molecule has 0 radical (unpaired) electrons. The van der Waals surface area contributed by atoms with Crippen molar-refractivity contribution >= 4 is 17.8 Å². The molecule has 0 fully saturated rings. The number of carbonyl (C=O) groups is 3. The van der Waals surface area contributed by atoms with E-state index in [-0.39, 0.29) is 24.8 Å². The van der Waals surface area contributed by atoms with Crippen LogP contribution in [0.2, 0.25) is 0 Å². The van der Waals surface area contributed by atoms with Crippen LogP contribution in [0.3, 0.4) is 0 Å². The van der Waals surface area contributed by atoms with Gasteiger partial charge in [-0.3, -0.25) is 14.4 Å². The molecule has 0 aliphatic carbocycles. The molecule has 0 spiro atoms. The molecular weight excluding hydrogens is 528 g/mol. The molecule has 0 unspecified atom stereocenters. The van der Waals surface area contributed by atoms with Crippen LogP contribution in [-0.2, 0) is 17.8 Å². The molecule has 4 aromatic rings. The molecule has 4 rings (SSSR count). The highest BCUT2D eigenvalue weighted by atomic mass is 16.5. The summed E-state index contributed by atoms with van der Waals surface area (Å²) in [5.74, 6) is -0.726. The predicted molar refractivity (Wildman–Crippen MR) is 164 cm³/mol. The number of carboxylic acids is 1. The van der Waals surface area contributed by atoms with Gasteiger partial charge in [0.2, 0.25) is 0 Å². The van der Waals surface area contributed by atoms with Gasteiger partial charge in [0.25, 0.3) is 11.8 Å². The molecule has 7 nitrogen and oxygen atoms in total. The van der Waals surface area contributed by atoms with E-state index in [0.29, 0.717) is 48.4 Å². The first-order valence-electron chi connectivity index (χ1n) is 14.1. The summed E-state index contributed by atoms with van der Waals surface area (Å²) in [6.45, 7) is 5.30. The number of rotatable bonds is 13. The Morgan fingerprint density at radius 1 is 0.786 bits per heavy atom. The van der Waals surface area contributed by atoms with Crippen LogP contribution in [0, 0.1) is 6.92 Å². The largest absolute Gasteiger partial charge is 0.494 e. The first kappa shape index (κ1) is 30.1. The molecule has 0 bridgehead atoms. The fraction of sp³-hybridized carbons (Fsp3) is 0.229. The normalized spacial score (nSPS) is 10.6. The average molecular weight is 565 g/mol. The van der Waals surface area contributed by atoms with Gasteiger partial charge in [0, 0.05) is 30.8 Å². The number of benzene rings is 4. The second kappa shape index (κ2) is 14.6. The van der Waals surface area contributed by atoms with Crippen LogP contribution in [0.15, 0.2) is 97.1 Å². The van der Waals surface area contributed by atoms with Crippen molar-refractivity contribution in [1.82, 2.24) is 10.2 Å². The molecule has 0 aromatic heterocycles. The maximum atomic E-state index is 14.0. The van der Waals surface area contributed by atoms with E-state index in [9.17, 15) is 19.5 Å². The third-order valence-corrected chi connectivity index (χ3v) is 7.11. The van der Waals surface area contributed by atoms with Crippen LogP contribution in [0.4, 0.5) is 0 Å². The molecule has 0 aliphatic rings. The molecular formula is C35H36N2O5.